The first-order valence-corrected chi connectivity index (χ1v) is 9.94. The number of rotatable bonds is 6. The van der Waals surface area contributed by atoms with Crippen molar-refractivity contribution in [1.29, 1.82) is 0 Å². The van der Waals surface area contributed by atoms with Gasteiger partial charge in [0, 0.05) is 32.6 Å². The summed E-state index contributed by atoms with van der Waals surface area (Å²) in [7, 11) is 0. The molecule has 3 rings (SSSR count). The smallest absolute Gasteiger partial charge is 0.228 e. The van der Waals surface area contributed by atoms with Crippen LogP contribution in [0.2, 0.25) is 0 Å². The van der Waals surface area contributed by atoms with Gasteiger partial charge in [0.25, 0.3) is 0 Å². The van der Waals surface area contributed by atoms with Gasteiger partial charge in [-0.2, -0.15) is 0 Å². The number of carbonyl (C=O) groups excluding carboxylic acids is 2. The highest BCUT2D eigenvalue weighted by Gasteiger charge is 2.31. The van der Waals surface area contributed by atoms with Crippen LogP contribution in [0.4, 0.5) is 0 Å². The van der Waals surface area contributed by atoms with E-state index < -0.39 is 0 Å². The monoisotopic (exact) mass is 376 g/mol. The third-order valence-electron chi connectivity index (χ3n) is 5.26. The van der Waals surface area contributed by atoms with Crippen molar-refractivity contribution in [2.75, 3.05) is 26.2 Å². The van der Waals surface area contributed by atoms with E-state index in [0.29, 0.717) is 39.0 Å². The maximum Gasteiger partial charge on any atom is 0.228 e. The van der Waals surface area contributed by atoms with Crippen molar-refractivity contribution in [2.45, 2.75) is 19.8 Å². The van der Waals surface area contributed by atoms with Crippen molar-refractivity contribution in [3.63, 3.8) is 0 Å². The van der Waals surface area contributed by atoms with Crippen LogP contribution in [0.5, 0.6) is 0 Å². The van der Waals surface area contributed by atoms with Crippen LogP contribution in [0.15, 0.2) is 67.3 Å². The lowest BCUT2D eigenvalue weighted by atomic mass is 9.94. The minimum absolute atomic E-state index is 0.108. The highest BCUT2D eigenvalue weighted by Crippen LogP contribution is 2.23. The number of carbonyl (C=O) groups is 2. The van der Waals surface area contributed by atoms with Crippen molar-refractivity contribution in [3.8, 4) is 11.1 Å². The molecule has 4 heteroatoms. The van der Waals surface area contributed by atoms with Crippen LogP contribution >= 0.6 is 0 Å². The zero-order valence-electron chi connectivity index (χ0n) is 16.5. The summed E-state index contributed by atoms with van der Waals surface area (Å²) in [4.78, 5) is 29.1. The maximum atomic E-state index is 13.1. The molecule has 28 heavy (non-hydrogen) atoms. The Labute approximate surface area is 167 Å². The summed E-state index contributed by atoms with van der Waals surface area (Å²) in [5.74, 6) is -0.0170. The van der Waals surface area contributed by atoms with Gasteiger partial charge in [0.1, 0.15) is 0 Å². The molecule has 146 valence electrons. The summed E-state index contributed by atoms with van der Waals surface area (Å²) in [6.07, 6.45) is 2.84. The number of amides is 2. The summed E-state index contributed by atoms with van der Waals surface area (Å²) < 4.78 is 0. The van der Waals surface area contributed by atoms with Crippen molar-refractivity contribution in [1.82, 2.24) is 9.80 Å². The minimum Gasteiger partial charge on any atom is -0.340 e. The Morgan fingerprint density at radius 2 is 1.86 bits per heavy atom. The molecule has 2 amide bonds. The van der Waals surface area contributed by atoms with Crippen molar-refractivity contribution >= 4 is 11.8 Å². The molecule has 0 spiro atoms. The highest BCUT2D eigenvalue weighted by molar-refractivity contribution is 5.82. The van der Waals surface area contributed by atoms with Gasteiger partial charge in [-0.15, -0.1) is 6.58 Å². The fraction of sp³-hybridized carbons (Fsp3) is 0.333. The van der Waals surface area contributed by atoms with E-state index in [1.54, 1.807) is 6.08 Å². The van der Waals surface area contributed by atoms with E-state index in [0.717, 1.165) is 16.7 Å². The second-order valence-electron chi connectivity index (χ2n) is 7.23. The van der Waals surface area contributed by atoms with Gasteiger partial charge in [-0.3, -0.25) is 9.59 Å². The Balaban J connectivity index is 1.84. The van der Waals surface area contributed by atoms with E-state index in [1.807, 2.05) is 41.0 Å². The summed E-state index contributed by atoms with van der Waals surface area (Å²) in [5, 5.41) is 0. The van der Waals surface area contributed by atoms with E-state index >= 15 is 0 Å². The molecule has 1 fully saturated rings. The van der Waals surface area contributed by atoms with Crippen molar-refractivity contribution in [2.24, 2.45) is 5.92 Å². The molecule has 2 aromatic rings. The molecule has 1 heterocycles. The second-order valence-corrected chi connectivity index (χ2v) is 7.23. The maximum absolute atomic E-state index is 13.1. The van der Waals surface area contributed by atoms with Gasteiger partial charge >= 0.3 is 0 Å². The molecular weight excluding hydrogens is 348 g/mol. The minimum atomic E-state index is -0.232. The van der Waals surface area contributed by atoms with Crippen LogP contribution < -0.4 is 0 Å². The van der Waals surface area contributed by atoms with Crippen LogP contribution in [0.1, 0.15) is 18.9 Å². The predicted octanol–water partition coefficient (Wildman–Crippen LogP) is 3.78. The molecule has 4 nitrogen and oxygen atoms in total. The average molecular weight is 377 g/mol. The van der Waals surface area contributed by atoms with E-state index in [9.17, 15) is 9.59 Å². The van der Waals surface area contributed by atoms with E-state index in [4.69, 9.17) is 0 Å². The van der Waals surface area contributed by atoms with Gasteiger partial charge in [-0.1, -0.05) is 67.6 Å². The number of hydrogen-bond donors (Lipinski definition) is 0. The van der Waals surface area contributed by atoms with Crippen LogP contribution in [-0.2, 0) is 16.0 Å². The van der Waals surface area contributed by atoms with Gasteiger partial charge in [-0.05, 0) is 23.1 Å². The molecule has 0 bridgehead atoms. The quantitative estimate of drug-likeness (QED) is 0.720. The van der Waals surface area contributed by atoms with E-state index in [2.05, 4.69) is 36.9 Å². The summed E-state index contributed by atoms with van der Waals surface area (Å²) in [6, 6.07) is 18.6. The molecule has 0 aromatic heterocycles. The Hall–Kier alpha value is -2.88. The third-order valence-corrected chi connectivity index (χ3v) is 5.26. The normalized spacial score (nSPS) is 17.3. The Kier molecular flexibility index (Phi) is 6.64. The van der Waals surface area contributed by atoms with Crippen molar-refractivity contribution in [3.05, 3.63) is 72.8 Å². The van der Waals surface area contributed by atoms with Gasteiger partial charge in [0.2, 0.25) is 11.8 Å². The summed E-state index contributed by atoms with van der Waals surface area (Å²) >= 11 is 0. The van der Waals surface area contributed by atoms with Crippen LogP contribution in [0, 0.1) is 5.92 Å². The fourth-order valence-corrected chi connectivity index (χ4v) is 3.78. The Morgan fingerprint density at radius 3 is 2.57 bits per heavy atom. The molecule has 1 aliphatic heterocycles. The van der Waals surface area contributed by atoms with Gasteiger partial charge in [0.15, 0.2) is 0 Å². The van der Waals surface area contributed by atoms with Crippen LogP contribution in [0.25, 0.3) is 11.1 Å². The standard InChI is InChI=1S/C24H28N2O2/c1-3-13-25-14-15-26(23(27)4-2)18-22(24(25)28)17-19-9-8-12-21(16-19)20-10-6-5-7-11-20/h3,5-12,16,22H,1,4,13-15,17-18H2,2H3/t22-/m0/s1. The predicted molar refractivity (Wildman–Crippen MR) is 113 cm³/mol. The summed E-state index contributed by atoms with van der Waals surface area (Å²) in [5.41, 5.74) is 3.42. The Morgan fingerprint density at radius 1 is 1.11 bits per heavy atom. The van der Waals surface area contributed by atoms with Gasteiger partial charge < -0.3 is 9.80 Å². The molecule has 1 atom stereocenters. The van der Waals surface area contributed by atoms with Gasteiger partial charge in [-0.25, -0.2) is 0 Å². The first-order chi connectivity index (χ1) is 13.6. The number of hydrogen-bond acceptors (Lipinski definition) is 2. The van der Waals surface area contributed by atoms with Crippen LogP contribution in [-0.4, -0.2) is 47.8 Å². The molecule has 0 aliphatic carbocycles. The Bertz CT molecular complexity index is 832. The lowest BCUT2D eigenvalue weighted by Crippen LogP contribution is -2.37. The SMILES string of the molecule is C=CCN1CCN(C(=O)CC)C[C@H](Cc2cccc(-c3ccccc3)c2)C1=O. The summed E-state index contributed by atoms with van der Waals surface area (Å²) in [6.45, 7) is 7.80. The van der Waals surface area contributed by atoms with E-state index in [1.165, 1.54) is 0 Å². The molecule has 0 saturated carbocycles. The molecule has 0 unspecified atom stereocenters. The molecular formula is C24H28N2O2. The molecule has 0 radical (unpaired) electrons. The highest BCUT2D eigenvalue weighted by atomic mass is 16.2. The molecule has 1 saturated heterocycles. The first kappa shape index (κ1) is 19.9. The third kappa shape index (κ3) is 4.69. The second kappa shape index (κ2) is 9.36. The number of benzene rings is 2. The van der Waals surface area contributed by atoms with E-state index in [-0.39, 0.29) is 17.7 Å². The topological polar surface area (TPSA) is 40.6 Å². The fourth-order valence-electron chi connectivity index (χ4n) is 3.78. The molecule has 1 aliphatic rings. The zero-order valence-corrected chi connectivity index (χ0v) is 16.5. The number of nitrogens with zero attached hydrogens (tertiary/aromatic N) is 2. The van der Waals surface area contributed by atoms with Crippen molar-refractivity contribution < 1.29 is 9.59 Å². The van der Waals surface area contributed by atoms with Gasteiger partial charge in [0.05, 0.1) is 5.92 Å². The lowest BCUT2D eigenvalue weighted by Gasteiger charge is -2.23. The lowest BCUT2D eigenvalue weighted by molar-refractivity contribution is -0.134. The molecule has 2 aromatic carbocycles. The zero-order chi connectivity index (χ0) is 19.9. The van der Waals surface area contributed by atoms with Crippen LogP contribution in [0.3, 0.4) is 0 Å². The largest absolute Gasteiger partial charge is 0.340 e. The average Bonchev–Trinajstić information content (AvgIpc) is 2.88. The first-order valence-electron chi connectivity index (χ1n) is 9.94. The molecule has 0 N–H and O–H groups in total.